The van der Waals surface area contributed by atoms with E-state index in [0.717, 1.165) is 48.1 Å². The molecule has 1 aliphatic carbocycles. The van der Waals surface area contributed by atoms with Crippen LogP contribution in [0, 0.1) is 27.7 Å². The molecule has 1 saturated carbocycles. The molecule has 2 amide bonds. The summed E-state index contributed by atoms with van der Waals surface area (Å²) in [6, 6.07) is 21.3. The minimum absolute atomic E-state index is 0.0137. The number of ether oxygens (including phenoxy) is 1. The van der Waals surface area contributed by atoms with Crippen molar-refractivity contribution < 1.29 is 24.2 Å². The Morgan fingerprint density at radius 2 is 1.58 bits per heavy atom. The molecule has 0 spiro atoms. The third-order valence-corrected chi connectivity index (χ3v) is 10.5. The van der Waals surface area contributed by atoms with Crippen LogP contribution in [0.2, 0.25) is 0 Å². The highest BCUT2D eigenvalue weighted by atomic mass is 16.5. The fourth-order valence-electron chi connectivity index (χ4n) is 7.42. The quantitative estimate of drug-likeness (QED) is 0.206. The first kappa shape index (κ1) is 35.4. The number of amides is 2. The number of benzene rings is 3. The third kappa shape index (κ3) is 8.64. The van der Waals surface area contributed by atoms with Gasteiger partial charge in [0.2, 0.25) is 5.91 Å². The molecule has 2 unspecified atom stereocenters. The number of nitrogens with one attached hydrogen (secondary N) is 1. The molecule has 2 fully saturated rings. The van der Waals surface area contributed by atoms with Crippen molar-refractivity contribution in [3.63, 3.8) is 0 Å². The maximum atomic E-state index is 14.7. The molecule has 264 valence electrons. The van der Waals surface area contributed by atoms with Gasteiger partial charge in [-0.05, 0) is 105 Å². The van der Waals surface area contributed by atoms with E-state index in [4.69, 9.17) is 9.84 Å². The van der Waals surface area contributed by atoms with Crippen LogP contribution in [0.15, 0.2) is 66.2 Å². The maximum Gasteiger partial charge on any atom is 0.303 e. The van der Waals surface area contributed by atoms with Crippen LogP contribution < -0.4 is 10.1 Å². The molecule has 2 heterocycles. The van der Waals surface area contributed by atoms with Crippen molar-refractivity contribution in [2.45, 2.75) is 97.2 Å². The van der Waals surface area contributed by atoms with E-state index in [-0.39, 0.29) is 42.8 Å². The molecule has 2 N–H and O–H groups in total. The van der Waals surface area contributed by atoms with E-state index in [2.05, 4.69) is 98.6 Å². The van der Waals surface area contributed by atoms with Gasteiger partial charge in [0, 0.05) is 56.6 Å². The summed E-state index contributed by atoms with van der Waals surface area (Å²) in [5, 5.41) is 12.8. The Morgan fingerprint density at radius 3 is 2.28 bits per heavy atom. The first-order valence-corrected chi connectivity index (χ1v) is 18.2. The summed E-state index contributed by atoms with van der Waals surface area (Å²) in [5.74, 6) is 0.0629. The second kappa shape index (κ2) is 15.6. The number of carboxylic acids is 1. The Balaban J connectivity index is 1.23. The van der Waals surface area contributed by atoms with Gasteiger partial charge in [-0.2, -0.15) is 0 Å². The van der Waals surface area contributed by atoms with Gasteiger partial charge in [-0.15, -0.1) is 0 Å². The zero-order valence-electron chi connectivity index (χ0n) is 30.0. The first-order valence-electron chi connectivity index (χ1n) is 18.2. The van der Waals surface area contributed by atoms with Gasteiger partial charge in [-0.1, -0.05) is 60.2 Å². The summed E-state index contributed by atoms with van der Waals surface area (Å²) < 4.78 is 6.20. The monoisotopic (exact) mass is 677 g/mol. The zero-order valence-corrected chi connectivity index (χ0v) is 30.0. The van der Waals surface area contributed by atoms with Gasteiger partial charge in [0.25, 0.3) is 5.91 Å². The molecule has 0 radical (unpaired) electrons. The Bertz CT molecular complexity index is 1740. The summed E-state index contributed by atoms with van der Waals surface area (Å²) in [6.07, 6.45) is 4.72. The molecule has 2 bridgehead atoms. The molecule has 50 heavy (non-hydrogen) atoms. The molecule has 0 aromatic heterocycles. The number of aryl methyl sites for hydroxylation is 3. The van der Waals surface area contributed by atoms with Crippen LogP contribution >= 0.6 is 0 Å². The normalized spacial score (nSPS) is 18.6. The molecule has 2 aliphatic heterocycles. The SMILES string of the molecule is Cc1ccc(CCN(C(=O)C2=C(c3ccc(CCOc4cc(C)cc(C)c4C)cc3)CC3CN(C(=O)CCCC(=O)O)CC2N3)C2CC2)cc1. The van der Waals surface area contributed by atoms with Gasteiger partial charge < -0.3 is 25.0 Å². The lowest BCUT2D eigenvalue weighted by Crippen LogP contribution is -2.62. The van der Waals surface area contributed by atoms with E-state index < -0.39 is 5.97 Å². The second-order valence-corrected chi connectivity index (χ2v) is 14.5. The molecule has 3 aromatic carbocycles. The molecular weight excluding hydrogens is 626 g/mol. The van der Waals surface area contributed by atoms with Crippen LogP contribution in [-0.2, 0) is 27.2 Å². The van der Waals surface area contributed by atoms with Crippen LogP contribution in [0.5, 0.6) is 5.75 Å². The van der Waals surface area contributed by atoms with Gasteiger partial charge in [-0.3, -0.25) is 14.4 Å². The number of nitrogens with zero attached hydrogens (tertiary/aromatic N) is 2. The van der Waals surface area contributed by atoms with Crippen LogP contribution in [0.4, 0.5) is 0 Å². The summed E-state index contributed by atoms with van der Waals surface area (Å²) in [5.41, 5.74) is 10.1. The van der Waals surface area contributed by atoms with E-state index in [9.17, 15) is 14.4 Å². The first-order chi connectivity index (χ1) is 24.0. The van der Waals surface area contributed by atoms with Gasteiger partial charge >= 0.3 is 5.97 Å². The number of piperazine rings is 1. The predicted molar refractivity (Wildman–Crippen MR) is 196 cm³/mol. The Hall–Kier alpha value is -4.43. The van der Waals surface area contributed by atoms with E-state index in [1.165, 1.54) is 33.4 Å². The van der Waals surface area contributed by atoms with Crippen LogP contribution in [0.1, 0.15) is 77.5 Å². The molecule has 1 saturated heterocycles. The van der Waals surface area contributed by atoms with Crippen molar-refractivity contribution in [3.8, 4) is 5.75 Å². The Labute approximate surface area is 296 Å². The number of hydrogen-bond donors (Lipinski definition) is 2. The highest BCUT2D eigenvalue weighted by Gasteiger charge is 2.43. The van der Waals surface area contributed by atoms with Crippen molar-refractivity contribution in [1.29, 1.82) is 0 Å². The average molecular weight is 678 g/mol. The fourth-order valence-corrected chi connectivity index (χ4v) is 7.42. The molecular formula is C42H51N3O5. The summed E-state index contributed by atoms with van der Waals surface area (Å²) in [7, 11) is 0. The smallest absolute Gasteiger partial charge is 0.303 e. The van der Waals surface area contributed by atoms with E-state index in [1.807, 2.05) is 4.90 Å². The highest BCUT2D eigenvalue weighted by molar-refractivity contribution is 6.03. The number of carbonyl (C=O) groups is 3. The van der Waals surface area contributed by atoms with Gasteiger partial charge in [0.15, 0.2) is 0 Å². The van der Waals surface area contributed by atoms with Crippen molar-refractivity contribution in [3.05, 3.63) is 105 Å². The number of hydrogen-bond acceptors (Lipinski definition) is 5. The second-order valence-electron chi connectivity index (χ2n) is 14.5. The molecule has 3 aromatic rings. The fraction of sp³-hybridized carbons (Fsp3) is 0.452. The largest absolute Gasteiger partial charge is 0.493 e. The van der Waals surface area contributed by atoms with Crippen molar-refractivity contribution >= 4 is 23.4 Å². The molecule has 8 heteroatoms. The lowest BCUT2D eigenvalue weighted by atomic mass is 9.82. The Morgan fingerprint density at radius 1 is 0.880 bits per heavy atom. The van der Waals surface area contributed by atoms with Crippen LogP contribution in [0.25, 0.3) is 5.57 Å². The number of aliphatic carboxylic acids is 1. The highest BCUT2D eigenvalue weighted by Crippen LogP contribution is 2.37. The molecule has 8 nitrogen and oxygen atoms in total. The van der Waals surface area contributed by atoms with Crippen LogP contribution in [0.3, 0.4) is 0 Å². The van der Waals surface area contributed by atoms with Crippen LogP contribution in [-0.4, -0.2) is 77.1 Å². The van der Waals surface area contributed by atoms with Crippen molar-refractivity contribution in [2.24, 2.45) is 0 Å². The number of carboxylic acid groups (broad SMARTS) is 1. The molecule has 3 aliphatic rings. The summed E-state index contributed by atoms with van der Waals surface area (Å²) in [4.78, 5) is 42.9. The lowest BCUT2D eigenvalue weighted by molar-refractivity contribution is -0.138. The van der Waals surface area contributed by atoms with Gasteiger partial charge in [0.05, 0.1) is 12.6 Å². The van der Waals surface area contributed by atoms with Gasteiger partial charge in [0.1, 0.15) is 5.75 Å². The van der Waals surface area contributed by atoms with Crippen molar-refractivity contribution in [1.82, 2.24) is 15.1 Å². The van der Waals surface area contributed by atoms with Gasteiger partial charge in [-0.25, -0.2) is 0 Å². The third-order valence-electron chi connectivity index (χ3n) is 10.5. The molecule has 6 rings (SSSR count). The molecule has 2 atom stereocenters. The summed E-state index contributed by atoms with van der Waals surface area (Å²) >= 11 is 0. The van der Waals surface area contributed by atoms with E-state index >= 15 is 0 Å². The minimum atomic E-state index is -0.892. The average Bonchev–Trinajstić information content (AvgIpc) is 3.93. The number of fused-ring (bicyclic) bond motifs is 2. The number of carbonyl (C=O) groups excluding carboxylic acids is 2. The van der Waals surface area contributed by atoms with E-state index in [1.54, 1.807) is 0 Å². The number of rotatable bonds is 14. The minimum Gasteiger partial charge on any atom is -0.493 e. The standard InChI is InChI=1S/C42H51N3O5/c1-27-8-10-31(11-9-27)18-20-45(35-16-17-35)42(49)41-36(24-34-25-44(26-37(41)43-34)39(46)6-5-7-40(47)48)33-14-12-32(13-15-33)19-21-50-38-23-28(2)22-29(3)30(38)4/h8-15,22-23,34-35,37,43H,5-7,16-21,24-26H2,1-4H3,(H,47,48). The Kier molecular flexibility index (Phi) is 11.1. The lowest BCUT2D eigenvalue weighted by Gasteiger charge is -2.45. The zero-order chi connectivity index (χ0) is 35.4. The summed E-state index contributed by atoms with van der Waals surface area (Å²) in [6.45, 7) is 10.6. The topological polar surface area (TPSA) is 99.2 Å². The van der Waals surface area contributed by atoms with E-state index in [0.29, 0.717) is 39.1 Å². The van der Waals surface area contributed by atoms with Crippen molar-refractivity contribution in [2.75, 3.05) is 26.2 Å². The predicted octanol–water partition coefficient (Wildman–Crippen LogP) is 6.36. The maximum absolute atomic E-state index is 14.7.